The zero-order chi connectivity index (χ0) is 16.2. The van der Waals surface area contributed by atoms with Crippen molar-refractivity contribution < 1.29 is 8.78 Å². The number of benzene rings is 2. The minimum absolute atomic E-state index is 0.145. The van der Waals surface area contributed by atoms with E-state index >= 15 is 0 Å². The Labute approximate surface area is 132 Å². The van der Waals surface area contributed by atoms with E-state index in [1.165, 1.54) is 18.5 Å². The number of rotatable bonds is 4. The highest BCUT2D eigenvalue weighted by atomic mass is 19.1. The van der Waals surface area contributed by atoms with Gasteiger partial charge in [-0.25, -0.2) is 18.7 Å². The predicted octanol–water partition coefficient (Wildman–Crippen LogP) is 4.55. The summed E-state index contributed by atoms with van der Waals surface area (Å²) < 4.78 is 26.6. The molecule has 2 aromatic carbocycles. The van der Waals surface area contributed by atoms with Crippen molar-refractivity contribution in [2.24, 2.45) is 0 Å². The van der Waals surface area contributed by atoms with Crippen molar-refractivity contribution in [1.29, 1.82) is 0 Å². The van der Waals surface area contributed by atoms with Crippen LogP contribution in [0.25, 0.3) is 0 Å². The van der Waals surface area contributed by atoms with Gasteiger partial charge in [0, 0.05) is 17.8 Å². The summed E-state index contributed by atoms with van der Waals surface area (Å²) in [5, 5.41) is 5.94. The molecule has 0 spiro atoms. The van der Waals surface area contributed by atoms with Crippen LogP contribution in [0, 0.1) is 18.6 Å². The van der Waals surface area contributed by atoms with E-state index < -0.39 is 11.6 Å². The van der Waals surface area contributed by atoms with Crippen molar-refractivity contribution in [3.05, 3.63) is 72.1 Å². The highest BCUT2D eigenvalue weighted by Crippen LogP contribution is 2.22. The number of anilines is 4. The third-order valence-corrected chi connectivity index (χ3v) is 3.18. The molecular weight excluding hydrogens is 298 g/mol. The van der Waals surface area contributed by atoms with Crippen LogP contribution in [0.4, 0.5) is 31.8 Å². The second-order valence-electron chi connectivity index (χ2n) is 5.03. The zero-order valence-corrected chi connectivity index (χ0v) is 12.3. The average molecular weight is 312 g/mol. The first-order valence-corrected chi connectivity index (χ1v) is 6.98. The average Bonchev–Trinajstić information content (AvgIpc) is 2.53. The molecule has 0 aliphatic heterocycles. The molecule has 3 aromatic rings. The van der Waals surface area contributed by atoms with Crippen LogP contribution in [-0.4, -0.2) is 9.97 Å². The van der Waals surface area contributed by atoms with Crippen LogP contribution < -0.4 is 10.6 Å². The van der Waals surface area contributed by atoms with E-state index in [0.29, 0.717) is 11.6 Å². The van der Waals surface area contributed by atoms with Crippen molar-refractivity contribution >= 4 is 23.0 Å². The Kier molecular flexibility index (Phi) is 4.14. The van der Waals surface area contributed by atoms with E-state index in [-0.39, 0.29) is 5.69 Å². The van der Waals surface area contributed by atoms with E-state index in [1.807, 2.05) is 31.2 Å². The van der Waals surface area contributed by atoms with Crippen LogP contribution in [0.2, 0.25) is 0 Å². The van der Waals surface area contributed by atoms with Crippen molar-refractivity contribution in [3.63, 3.8) is 0 Å². The summed E-state index contributed by atoms with van der Waals surface area (Å²) in [6.07, 6.45) is 1.36. The van der Waals surface area contributed by atoms with Crippen molar-refractivity contribution in [1.82, 2.24) is 9.97 Å². The van der Waals surface area contributed by atoms with E-state index in [4.69, 9.17) is 0 Å². The molecule has 2 N–H and O–H groups in total. The summed E-state index contributed by atoms with van der Waals surface area (Å²) in [7, 11) is 0. The minimum Gasteiger partial charge on any atom is -0.340 e. The van der Waals surface area contributed by atoms with Gasteiger partial charge in [0.25, 0.3) is 0 Å². The standard InChI is InChI=1S/C17H14F2N4/c1-11-2-5-13(6-3-11)22-16-9-17(21-10-20-16)23-15-7-4-12(18)8-14(15)19/h2-10H,1H3,(H2,20,21,22,23). The molecule has 0 atom stereocenters. The quantitative estimate of drug-likeness (QED) is 0.742. The molecule has 0 radical (unpaired) electrons. The number of nitrogens with one attached hydrogen (secondary N) is 2. The fourth-order valence-corrected chi connectivity index (χ4v) is 2.01. The number of aryl methyl sites for hydroxylation is 1. The lowest BCUT2D eigenvalue weighted by atomic mass is 10.2. The number of aromatic nitrogens is 2. The molecule has 0 unspecified atom stereocenters. The predicted molar refractivity (Wildman–Crippen MR) is 86.1 cm³/mol. The van der Waals surface area contributed by atoms with Gasteiger partial charge in [0.15, 0.2) is 0 Å². The zero-order valence-electron chi connectivity index (χ0n) is 12.3. The van der Waals surface area contributed by atoms with E-state index in [2.05, 4.69) is 20.6 Å². The fourth-order valence-electron chi connectivity index (χ4n) is 2.01. The Bertz CT molecular complexity index is 819. The highest BCUT2D eigenvalue weighted by Gasteiger charge is 2.06. The van der Waals surface area contributed by atoms with Gasteiger partial charge >= 0.3 is 0 Å². The summed E-state index contributed by atoms with van der Waals surface area (Å²) in [5.74, 6) is -0.344. The molecule has 4 nitrogen and oxygen atoms in total. The van der Waals surface area contributed by atoms with Gasteiger partial charge in [-0.2, -0.15) is 0 Å². The lowest BCUT2D eigenvalue weighted by Crippen LogP contribution is -2.00. The maximum Gasteiger partial charge on any atom is 0.149 e. The smallest absolute Gasteiger partial charge is 0.149 e. The number of nitrogens with zero attached hydrogens (tertiary/aromatic N) is 2. The first-order chi connectivity index (χ1) is 11.1. The number of halogens is 2. The van der Waals surface area contributed by atoms with E-state index in [9.17, 15) is 8.78 Å². The van der Waals surface area contributed by atoms with Crippen molar-refractivity contribution in [3.8, 4) is 0 Å². The third kappa shape index (κ3) is 3.79. The van der Waals surface area contributed by atoms with Gasteiger partial charge in [-0.3, -0.25) is 0 Å². The maximum atomic E-state index is 13.7. The second kappa shape index (κ2) is 6.39. The van der Waals surface area contributed by atoms with Gasteiger partial charge in [-0.15, -0.1) is 0 Å². The molecule has 116 valence electrons. The molecule has 3 rings (SSSR count). The topological polar surface area (TPSA) is 49.8 Å². The van der Waals surface area contributed by atoms with Gasteiger partial charge in [0.05, 0.1) is 5.69 Å². The first-order valence-electron chi connectivity index (χ1n) is 6.98. The third-order valence-electron chi connectivity index (χ3n) is 3.18. The Balaban J connectivity index is 1.78. The minimum atomic E-state index is -0.684. The molecule has 6 heteroatoms. The molecule has 0 aliphatic carbocycles. The number of hydrogen-bond acceptors (Lipinski definition) is 4. The maximum absolute atomic E-state index is 13.7. The van der Waals surface area contributed by atoms with Crippen LogP contribution in [0.15, 0.2) is 54.9 Å². The molecule has 0 fully saturated rings. The molecule has 1 heterocycles. The van der Waals surface area contributed by atoms with Crippen LogP contribution in [0.1, 0.15) is 5.56 Å². The molecule has 0 saturated carbocycles. The summed E-state index contributed by atoms with van der Waals surface area (Å²) in [5.41, 5.74) is 2.19. The normalized spacial score (nSPS) is 10.4. The lowest BCUT2D eigenvalue weighted by Gasteiger charge is -2.09. The molecule has 0 saturated heterocycles. The summed E-state index contributed by atoms with van der Waals surface area (Å²) in [6, 6.07) is 12.8. The Morgan fingerprint density at radius 1 is 0.826 bits per heavy atom. The molecule has 23 heavy (non-hydrogen) atoms. The molecule has 1 aromatic heterocycles. The largest absolute Gasteiger partial charge is 0.340 e. The van der Waals surface area contributed by atoms with Gasteiger partial charge in [0.2, 0.25) is 0 Å². The van der Waals surface area contributed by atoms with E-state index in [0.717, 1.165) is 17.3 Å². The summed E-state index contributed by atoms with van der Waals surface area (Å²) in [6.45, 7) is 2.01. The first kappa shape index (κ1) is 14.9. The molecular formula is C17H14F2N4. The SMILES string of the molecule is Cc1ccc(Nc2cc(Nc3ccc(F)cc3F)ncn2)cc1. The Hall–Kier alpha value is -3.02. The van der Waals surface area contributed by atoms with Crippen LogP contribution in [0.3, 0.4) is 0 Å². The van der Waals surface area contributed by atoms with Crippen LogP contribution in [-0.2, 0) is 0 Å². The van der Waals surface area contributed by atoms with Crippen LogP contribution >= 0.6 is 0 Å². The fraction of sp³-hybridized carbons (Fsp3) is 0.0588. The van der Waals surface area contributed by atoms with E-state index in [1.54, 1.807) is 6.07 Å². The second-order valence-corrected chi connectivity index (χ2v) is 5.03. The van der Waals surface area contributed by atoms with Gasteiger partial charge < -0.3 is 10.6 Å². The monoisotopic (exact) mass is 312 g/mol. The summed E-state index contributed by atoms with van der Waals surface area (Å²) in [4.78, 5) is 8.15. The Morgan fingerprint density at radius 2 is 1.52 bits per heavy atom. The Morgan fingerprint density at radius 3 is 2.22 bits per heavy atom. The number of hydrogen-bond donors (Lipinski definition) is 2. The van der Waals surface area contributed by atoms with Crippen LogP contribution in [0.5, 0.6) is 0 Å². The molecule has 0 aliphatic rings. The van der Waals surface area contributed by atoms with Gasteiger partial charge in [-0.05, 0) is 31.2 Å². The highest BCUT2D eigenvalue weighted by molar-refractivity contribution is 5.63. The van der Waals surface area contributed by atoms with Crippen molar-refractivity contribution in [2.75, 3.05) is 10.6 Å². The summed E-state index contributed by atoms with van der Waals surface area (Å²) >= 11 is 0. The van der Waals surface area contributed by atoms with Gasteiger partial charge in [-0.1, -0.05) is 17.7 Å². The lowest BCUT2D eigenvalue weighted by molar-refractivity contribution is 0.586. The van der Waals surface area contributed by atoms with Gasteiger partial charge in [0.1, 0.15) is 29.6 Å². The molecule has 0 bridgehead atoms. The molecule has 0 amide bonds. The van der Waals surface area contributed by atoms with Crippen molar-refractivity contribution in [2.45, 2.75) is 6.92 Å².